The van der Waals surface area contributed by atoms with Gasteiger partial charge in [0.15, 0.2) is 15.6 Å². The van der Waals surface area contributed by atoms with Crippen LogP contribution in [0, 0.1) is 5.41 Å². The molecule has 1 aromatic heterocycles. The van der Waals surface area contributed by atoms with Crippen LogP contribution in [0.3, 0.4) is 0 Å². The normalized spacial score (nSPS) is 11.9. The van der Waals surface area contributed by atoms with E-state index in [1.807, 2.05) is 30.3 Å². The van der Waals surface area contributed by atoms with Gasteiger partial charge in [0.2, 0.25) is 11.8 Å². The van der Waals surface area contributed by atoms with E-state index in [1.54, 1.807) is 32.9 Å². The maximum absolute atomic E-state index is 12.4. The lowest BCUT2D eigenvalue weighted by Crippen LogP contribution is -2.26. The lowest BCUT2D eigenvalue weighted by atomic mass is 9.91. The SMILES string of the molecule is CC(=O)n1nc(OCC(=O)C(C)(C)C)c(-c2ccccc2)c1-c1ccc(S(C)(=O)=O)cc1. The molecule has 0 unspecified atom stereocenters. The van der Waals surface area contributed by atoms with Crippen LogP contribution in [0.1, 0.15) is 32.5 Å². The van der Waals surface area contributed by atoms with Crippen LogP contribution in [-0.2, 0) is 14.6 Å². The molecule has 0 radical (unpaired) electrons. The molecule has 0 saturated heterocycles. The lowest BCUT2D eigenvalue weighted by Gasteiger charge is -2.16. The van der Waals surface area contributed by atoms with Crippen LogP contribution in [0.2, 0.25) is 0 Å². The highest BCUT2D eigenvalue weighted by Gasteiger charge is 2.27. The molecule has 0 N–H and O–H groups in total. The molecule has 0 atom stereocenters. The molecule has 168 valence electrons. The van der Waals surface area contributed by atoms with Crippen molar-refractivity contribution in [2.75, 3.05) is 12.9 Å². The number of ketones is 1. The summed E-state index contributed by atoms with van der Waals surface area (Å²) < 4.78 is 30.7. The van der Waals surface area contributed by atoms with E-state index in [1.165, 1.54) is 23.7 Å². The highest BCUT2D eigenvalue weighted by Crippen LogP contribution is 2.39. The molecule has 7 nitrogen and oxygen atoms in total. The first kappa shape index (κ1) is 23.4. The van der Waals surface area contributed by atoms with Crippen molar-refractivity contribution in [3.63, 3.8) is 0 Å². The summed E-state index contributed by atoms with van der Waals surface area (Å²) >= 11 is 0. The fraction of sp³-hybridized carbons (Fsp3) is 0.292. The minimum absolute atomic E-state index is 0.104. The van der Waals surface area contributed by atoms with Crippen LogP contribution in [0.5, 0.6) is 5.88 Å². The Balaban J connectivity index is 2.20. The van der Waals surface area contributed by atoms with Crippen molar-refractivity contribution in [3.8, 4) is 28.3 Å². The quantitative estimate of drug-likeness (QED) is 0.552. The van der Waals surface area contributed by atoms with Crippen LogP contribution < -0.4 is 4.74 Å². The molecule has 0 aliphatic rings. The van der Waals surface area contributed by atoms with Gasteiger partial charge in [-0.2, -0.15) is 4.68 Å². The van der Waals surface area contributed by atoms with Crippen LogP contribution in [0.25, 0.3) is 22.4 Å². The van der Waals surface area contributed by atoms with Crippen LogP contribution >= 0.6 is 0 Å². The highest BCUT2D eigenvalue weighted by molar-refractivity contribution is 7.90. The summed E-state index contributed by atoms with van der Waals surface area (Å²) in [6, 6.07) is 15.5. The first-order valence-corrected chi connectivity index (χ1v) is 11.9. The summed E-state index contributed by atoms with van der Waals surface area (Å²) in [4.78, 5) is 25.0. The molecule has 32 heavy (non-hydrogen) atoms. The minimum atomic E-state index is -3.37. The Morgan fingerprint density at radius 3 is 2.06 bits per heavy atom. The smallest absolute Gasteiger partial charge is 0.244 e. The summed E-state index contributed by atoms with van der Waals surface area (Å²) in [6.07, 6.45) is 1.13. The third kappa shape index (κ3) is 4.96. The van der Waals surface area contributed by atoms with Crippen molar-refractivity contribution in [3.05, 3.63) is 54.6 Å². The number of sulfone groups is 1. The number of aromatic nitrogens is 2. The number of rotatable bonds is 6. The van der Waals surface area contributed by atoms with Crippen molar-refractivity contribution < 1.29 is 22.7 Å². The summed E-state index contributed by atoms with van der Waals surface area (Å²) in [5.41, 5.74) is 1.77. The molecule has 0 spiro atoms. The zero-order valence-corrected chi connectivity index (χ0v) is 19.6. The molecule has 0 aliphatic carbocycles. The van der Waals surface area contributed by atoms with Crippen molar-refractivity contribution in [1.82, 2.24) is 9.78 Å². The van der Waals surface area contributed by atoms with Gasteiger partial charge in [-0.3, -0.25) is 9.59 Å². The Hall–Kier alpha value is -3.26. The van der Waals surface area contributed by atoms with Gasteiger partial charge in [-0.15, -0.1) is 5.10 Å². The Morgan fingerprint density at radius 1 is 0.969 bits per heavy atom. The molecule has 0 aliphatic heterocycles. The number of carbonyl (C=O) groups excluding carboxylic acids is 2. The monoisotopic (exact) mass is 454 g/mol. The van der Waals surface area contributed by atoms with Gasteiger partial charge in [0.1, 0.15) is 6.61 Å². The van der Waals surface area contributed by atoms with E-state index in [-0.39, 0.29) is 29.1 Å². The first-order chi connectivity index (χ1) is 14.9. The van der Waals surface area contributed by atoms with E-state index in [2.05, 4.69) is 5.10 Å². The van der Waals surface area contributed by atoms with E-state index < -0.39 is 15.3 Å². The molecule has 0 saturated carbocycles. The number of ether oxygens (including phenoxy) is 1. The second-order valence-corrected chi connectivity index (χ2v) is 10.6. The van der Waals surface area contributed by atoms with Gasteiger partial charge in [0.05, 0.1) is 16.2 Å². The molecule has 0 amide bonds. The van der Waals surface area contributed by atoms with Crippen LogP contribution in [0.4, 0.5) is 0 Å². The Kier molecular flexibility index (Phi) is 6.37. The second-order valence-electron chi connectivity index (χ2n) is 8.58. The standard InChI is InChI=1S/C24H26N2O5S/c1-16(27)26-22(18-11-13-19(14-12-18)32(5,29)30)21(17-9-7-6-8-10-17)23(25-26)31-15-20(28)24(2,3)4/h6-14H,15H2,1-5H3. The Morgan fingerprint density at radius 2 is 1.56 bits per heavy atom. The van der Waals surface area contributed by atoms with E-state index >= 15 is 0 Å². The average Bonchev–Trinajstić information content (AvgIpc) is 3.11. The summed E-state index contributed by atoms with van der Waals surface area (Å²) in [5, 5.41) is 4.36. The van der Waals surface area contributed by atoms with E-state index in [9.17, 15) is 18.0 Å². The van der Waals surface area contributed by atoms with Gasteiger partial charge in [0.25, 0.3) is 0 Å². The van der Waals surface area contributed by atoms with Gasteiger partial charge in [-0.05, 0) is 17.7 Å². The van der Waals surface area contributed by atoms with Crippen molar-refractivity contribution in [2.24, 2.45) is 5.41 Å². The third-order valence-corrected chi connectivity index (χ3v) is 6.07. The predicted molar refractivity (Wildman–Crippen MR) is 122 cm³/mol. The summed E-state index contributed by atoms with van der Waals surface area (Å²) in [6.45, 7) is 6.60. The number of benzene rings is 2. The molecule has 0 fully saturated rings. The molecule has 3 aromatic rings. The number of hydrogen-bond acceptors (Lipinski definition) is 6. The third-order valence-electron chi connectivity index (χ3n) is 4.95. The topological polar surface area (TPSA) is 95.3 Å². The molecule has 1 heterocycles. The van der Waals surface area contributed by atoms with Crippen molar-refractivity contribution >= 4 is 21.5 Å². The number of Topliss-reactive ketones (excluding diaryl/α,β-unsaturated/α-hetero) is 1. The number of hydrogen-bond donors (Lipinski definition) is 0. The Bertz CT molecular complexity index is 1250. The average molecular weight is 455 g/mol. The van der Waals surface area contributed by atoms with Crippen molar-refractivity contribution in [1.29, 1.82) is 0 Å². The molecular weight excluding hydrogens is 428 g/mol. The fourth-order valence-corrected chi connectivity index (χ4v) is 3.70. The highest BCUT2D eigenvalue weighted by atomic mass is 32.2. The van der Waals surface area contributed by atoms with Crippen LogP contribution in [-0.4, -0.2) is 42.8 Å². The molecule has 3 rings (SSSR count). The number of carbonyl (C=O) groups is 2. The fourth-order valence-electron chi connectivity index (χ4n) is 3.07. The van der Waals surface area contributed by atoms with Crippen molar-refractivity contribution in [2.45, 2.75) is 32.6 Å². The lowest BCUT2D eigenvalue weighted by molar-refractivity contribution is -0.128. The maximum Gasteiger partial charge on any atom is 0.244 e. The molecule has 0 bridgehead atoms. The zero-order valence-electron chi connectivity index (χ0n) is 18.7. The Labute approximate surface area is 187 Å². The van der Waals surface area contributed by atoms with Gasteiger partial charge in [0, 0.05) is 24.2 Å². The van der Waals surface area contributed by atoms with E-state index in [4.69, 9.17) is 4.74 Å². The van der Waals surface area contributed by atoms with Gasteiger partial charge >= 0.3 is 0 Å². The minimum Gasteiger partial charge on any atom is -0.468 e. The second kappa shape index (κ2) is 8.70. The van der Waals surface area contributed by atoms with Gasteiger partial charge in [-0.25, -0.2) is 8.42 Å². The number of nitrogens with zero attached hydrogens (tertiary/aromatic N) is 2. The molecular formula is C24H26N2O5S. The maximum atomic E-state index is 12.4. The van der Waals surface area contributed by atoms with E-state index in [0.29, 0.717) is 16.8 Å². The van der Waals surface area contributed by atoms with Crippen LogP contribution in [0.15, 0.2) is 59.5 Å². The first-order valence-electron chi connectivity index (χ1n) is 10.1. The molecule has 8 heteroatoms. The van der Waals surface area contributed by atoms with Gasteiger partial charge in [-0.1, -0.05) is 63.2 Å². The predicted octanol–water partition coefficient (Wildman–Crippen LogP) is 4.27. The summed E-state index contributed by atoms with van der Waals surface area (Å²) in [7, 11) is -3.37. The zero-order chi connectivity index (χ0) is 23.7. The molecule has 2 aromatic carbocycles. The largest absolute Gasteiger partial charge is 0.468 e. The van der Waals surface area contributed by atoms with E-state index in [0.717, 1.165) is 11.8 Å². The summed E-state index contributed by atoms with van der Waals surface area (Å²) in [5.74, 6) is -0.291. The van der Waals surface area contributed by atoms with Gasteiger partial charge < -0.3 is 4.74 Å².